The number of hydrogen-bond acceptors (Lipinski definition) is 20. The van der Waals surface area contributed by atoms with Gasteiger partial charge in [0.05, 0.1) is 33.0 Å². The molecular formula is C21H40O20. The molecule has 0 bridgehead atoms. The Hall–Kier alpha value is -1.09. The van der Waals surface area contributed by atoms with Gasteiger partial charge in [-0.1, -0.05) is 0 Å². The summed E-state index contributed by atoms with van der Waals surface area (Å²) < 4.78 is 15.5. The number of carbonyl (C=O) groups excluding carboxylic acids is 1. The molecular weight excluding hydrogens is 572 g/mol. The minimum absolute atomic E-state index is 0.726. The van der Waals surface area contributed by atoms with Crippen molar-refractivity contribution in [2.24, 2.45) is 0 Å². The Kier molecular flexibility index (Phi) is 14.9. The highest BCUT2D eigenvalue weighted by atomic mass is 16.8. The van der Waals surface area contributed by atoms with E-state index in [4.69, 9.17) is 50.0 Å². The number of ketones is 1. The van der Waals surface area contributed by atoms with E-state index in [-0.39, 0.29) is 0 Å². The fraction of sp³-hybridized carbons (Fsp3) is 0.952. The van der Waals surface area contributed by atoms with E-state index in [0.29, 0.717) is 0 Å². The highest BCUT2D eigenvalue weighted by Crippen LogP contribution is 2.41. The van der Waals surface area contributed by atoms with E-state index in [1.165, 1.54) is 0 Å². The second-order valence-corrected chi connectivity index (χ2v) is 9.32. The van der Waals surface area contributed by atoms with Crippen molar-refractivity contribution in [1.29, 1.82) is 0 Å². The lowest BCUT2D eigenvalue weighted by Crippen LogP contribution is -2.73. The van der Waals surface area contributed by atoms with Crippen LogP contribution in [0.4, 0.5) is 0 Å². The SMILES string of the molecule is O=C(C(O)CO)C1(OC2(CO)OC(CO)C(O)C2O)OC(CO)C(O)C(O)C1O.OC[C@@H](O)[C@@H](O)[C@H](O)[C@@H](O)CO. The quantitative estimate of drug-likeness (QED) is 0.0917. The minimum Gasteiger partial charge on any atom is -0.394 e. The Morgan fingerprint density at radius 1 is 0.659 bits per heavy atom. The molecule has 20 heteroatoms. The molecule has 14 atom stereocenters. The standard InChI is InChI=1S/C15H26O14.C6H14O6/c16-1-5(20)11(24)15(13(26)10(23)8(21)6(2-17)28-15)29-14(4-19)12(25)9(22)7(3-18)27-14;7-1-3(9)5(11)6(12)4(10)2-8/h5-10,12-13,16-23,25-26H,1-4H2;3-12H,1-2H2/t;3-,4+,5-,6-/m.1/s1. The van der Waals surface area contributed by atoms with Gasteiger partial charge < -0.3 is 95.9 Å². The molecule has 0 aromatic rings. The van der Waals surface area contributed by atoms with Crippen LogP contribution in [0.3, 0.4) is 0 Å². The number of rotatable bonds is 13. The van der Waals surface area contributed by atoms with Gasteiger partial charge in [-0.2, -0.15) is 0 Å². The van der Waals surface area contributed by atoms with Crippen molar-refractivity contribution >= 4 is 5.78 Å². The lowest BCUT2D eigenvalue weighted by atomic mass is 9.87. The van der Waals surface area contributed by atoms with Gasteiger partial charge in [0, 0.05) is 0 Å². The molecule has 0 aliphatic carbocycles. The van der Waals surface area contributed by atoms with E-state index in [9.17, 15) is 50.8 Å². The molecule has 0 radical (unpaired) electrons. The molecule has 2 saturated heterocycles. The van der Waals surface area contributed by atoms with Crippen molar-refractivity contribution in [3.8, 4) is 0 Å². The zero-order valence-electron chi connectivity index (χ0n) is 21.5. The normalized spacial score (nSPS) is 39.3. The fourth-order valence-corrected chi connectivity index (χ4v) is 3.97. The summed E-state index contributed by atoms with van der Waals surface area (Å²) in [6.07, 6.45) is -22.4. The first kappa shape index (κ1) is 37.9. The van der Waals surface area contributed by atoms with E-state index in [2.05, 4.69) is 0 Å². The second kappa shape index (κ2) is 16.1. The fourth-order valence-electron chi connectivity index (χ4n) is 3.97. The highest BCUT2D eigenvalue weighted by molar-refractivity contribution is 5.91. The van der Waals surface area contributed by atoms with Crippen molar-refractivity contribution in [3.63, 3.8) is 0 Å². The highest BCUT2D eigenvalue weighted by Gasteiger charge is 2.67. The molecule has 41 heavy (non-hydrogen) atoms. The third kappa shape index (κ3) is 7.90. The lowest BCUT2D eigenvalue weighted by Gasteiger charge is -2.50. The van der Waals surface area contributed by atoms with Crippen LogP contribution < -0.4 is 0 Å². The first-order chi connectivity index (χ1) is 19.1. The van der Waals surface area contributed by atoms with Crippen molar-refractivity contribution in [3.05, 3.63) is 0 Å². The monoisotopic (exact) mass is 612 g/mol. The molecule has 0 amide bonds. The average molecular weight is 613 g/mol. The number of Topliss-reactive ketones (excluding diaryl/α,β-unsaturated/α-hetero) is 1. The molecule has 2 heterocycles. The maximum absolute atomic E-state index is 12.7. The number of hydrogen-bond donors (Lipinski definition) is 16. The van der Waals surface area contributed by atoms with Crippen LogP contribution in [0.5, 0.6) is 0 Å². The summed E-state index contributed by atoms with van der Waals surface area (Å²) >= 11 is 0. The van der Waals surface area contributed by atoms with E-state index in [1.807, 2.05) is 0 Å². The van der Waals surface area contributed by atoms with E-state index >= 15 is 0 Å². The lowest BCUT2D eigenvalue weighted by molar-refractivity contribution is -0.417. The maximum atomic E-state index is 12.7. The molecule has 2 aliphatic rings. The molecule has 0 spiro atoms. The summed E-state index contributed by atoms with van der Waals surface area (Å²) in [4.78, 5) is 12.7. The van der Waals surface area contributed by atoms with E-state index < -0.39 is 130 Å². The first-order valence-corrected chi connectivity index (χ1v) is 12.1. The molecule has 2 fully saturated rings. The van der Waals surface area contributed by atoms with Crippen molar-refractivity contribution in [1.82, 2.24) is 0 Å². The Morgan fingerprint density at radius 2 is 1.12 bits per heavy atom. The summed E-state index contributed by atoms with van der Waals surface area (Å²) in [5, 5.41) is 150. The summed E-state index contributed by atoms with van der Waals surface area (Å²) in [6, 6.07) is 0. The first-order valence-electron chi connectivity index (χ1n) is 12.1. The Labute approximate surface area is 231 Å². The zero-order valence-corrected chi connectivity index (χ0v) is 21.5. The molecule has 10 unspecified atom stereocenters. The molecule has 20 nitrogen and oxygen atoms in total. The number of carbonyl (C=O) groups is 1. The maximum Gasteiger partial charge on any atom is 0.264 e. The number of aliphatic hydroxyl groups excluding tert-OH is 16. The van der Waals surface area contributed by atoms with Gasteiger partial charge in [0.2, 0.25) is 11.6 Å². The summed E-state index contributed by atoms with van der Waals surface area (Å²) in [5.74, 6) is -7.50. The van der Waals surface area contributed by atoms with Gasteiger partial charge in [-0.25, -0.2) is 0 Å². The van der Waals surface area contributed by atoms with Gasteiger partial charge in [0.15, 0.2) is 0 Å². The summed E-state index contributed by atoms with van der Waals surface area (Å²) in [6.45, 7) is -5.78. The number of aliphatic hydroxyl groups is 16. The van der Waals surface area contributed by atoms with Gasteiger partial charge in [-0.15, -0.1) is 0 Å². The van der Waals surface area contributed by atoms with Gasteiger partial charge in [0.1, 0.15) is 79.9 Å². The van der Waals surface area contributed by atoms with E-state index in [1.54, 1.807) is 0 Å². The van der Waals surface area contributed by atoms with Gasteiger partial charge in [0.25, 0.3) is 5.79 Å². The van der Waals surface area contributed by atoms with Crippen LogP contribution in [0, 0.1) is 0 Å². The average Bonchev–Trinajstić information content (AvgIpc) is 3.23. The molecule has 0 saturated carbocycles. The molecule has 2 rings (SSSR count). The third-order valence-corrected chi connectivity index (χ3v) is 6.51. The Bertz CT molecular complexity index is 774. The van der Waals surface area contributed by atoms with Crippen LogP contribution in [0.2, 0.25) is 0 Å². The van der Waals surface area contributed by atoms with Crippen molar-refractivity contribution < 1.29 is 101 Å². The smallest absolute Gasteiger partial charge is 0.264 e. The van der Waals surface area contributed by atoms with Crippen molar-refractivity contribution in [2.75, 3.05) is 39.6 Å². The number of ether oxygens (including phenoxy) is 3. The largest absolute Gasteiger partial charge is 0.394 e. The van der Waals surface area contributed by atoms with Gasteiger partial charge in [-0.05, 0) is 0 Å². The van der Waals surface area contributed by atoms with Gasteiger partial charge >= 0.3 is 0 Å². The zero-order chi connectivity index (χ0) is 31.9. The van der Waals surface area contributed by atoms with Crippen LogP contribution in [0.1, 0.15) is 0 Å². The van der Waals surface area contributed by atoms with Crippen LogP contribution in [-0.2, 0) is 19.0 Å². The summed E-state index contributed by atoms with van der Waals surface area (Å²) in [7, 11) is 0. The van der Waals surface area contributed by atoms with Crippen LogP contribution in [-0.4, -0.2) is 212 Å². The minimum atomic E-state index is -3.18. The molecule has 0 aromatic carbocycles. The van der Waals surface area contributed by atoms with Crippen LogP contribution in [0.15, 0.2) is 0 Å². The Balaban J connectivity index is 0.000000590. The summed E-state index contributed by atoms with van der Waals surface area (Å²) in [5.41, 5.74) is 0. The predicted molar refractivity (Wildman–Crippen MR) is 124 cm³/mol. The molecule has 16 N–H and O–H groups in total. The van der Waals surface area contributed by atoms with Crippen LogP contribution >= 0.6 is 0 Å². The Morgan fingerprint density at radius 3 is 1.49 bits per heavy atom. The topological polar surface area (TPSA) is 368 Å². The predicted octanol–water partition coefficient (Wildman–Crippen LogP) is -10.7. The van der Waals surface area contributed by atoms with Crippen LogP contribution in [0.25, 0.3) is 0 Å². The van der Waals surface area contributed by atoms with E-state index in [0.717, 1.165) is 0 Å². The molecule has 0 aromatic heterocycles. The third-order valence-electron chi connectivity index (χ3n) is 6.51. The van der Waals surface area contributed by atoms with Gasteiger partial charge in [-0.3, -0.25) is 4.79 Å². The molecule has 2 aliphatic heterocycles. The second-order valence-electron chi connectivity index (χ2n) is 9.32. The van der Waals surface area contributed by atoms with Crippen molar-refractivity contribution in [2.45, 2.75) is 84.8 Å². The molecule has 244 valence electrons.